The Morgan fingerprint density at radius 3 is 2.56 bits per heavy atom. The Bertz CT molecular complexity index is 1010. The number of carbonyl (C=O) groups is 3. The molecule has 1 atom stereocenters. The quantitative estimate of drug-likeness (QED) is 0.685. The SMILES string of the molecule is CN1C(=O)C2C(=NC=[N+]2CC(=O)Nc2ccccc2S(C)(=O)=O)N(C)C1=O. The molecule has 2 aliphatic heterocycles. The number of anilines is 1. The summed E-state index contributed by atoms with van der Waals surface area (Å²) >= 11 is 0. The van der Waals surface area contributed by atoms with Crippen LogP contribution >= 0.6 is 0 Å². The van der Waals surface area contributed by atoms with Gasteiger partial charge < -0.3 is 5.32 Å². The summed E-state index contributed by atoms with van der Waals surface area (Å²) in [6, 6.07) is 4.66. The van der Waals surface area contributed by atoms with E-state index in [-0.39, 0.29) is 23.0 Å². The maximum absolute atomic E-state index is 12.4. The molecule has 0 aromatic heterocycles. The molecule has 142 valence electrons. The van der Waals surface area contributed by atoms with Crippen LogP contribution in [0, 0.1) is 0 Å². The fourth-order valence-electron chi connectivity index (χ4n) is 2.92. The molecule has 1 N–H and O–H groups in total. The molecule has 1 unspecified atom stereocenters. The van der Waals surface area contributed by atoms with Gasteiger partial charge in [0.2, 0.25) is 0 Å². The monoisotopic (exact) mass is 392 g/mol. The minimum Gasteiger partial charge on any atom is -0.321 e. The molecule has 0 bridgehead atoms. The predicted octanol–water partition coefficient (Wildman–Crippen LogP) is -0.626. The zero-order valence-electron chi connectivity index (χ0n) is 14.9. The van der Waals surface area contributed by atoms with Crippen LogP contribution in [0.5, 0.6) is 0 Å². The van der Waals surface area contributed by atoms with E-state index in [4.69, 9.17) is 0 Å². The molecule has 0 radical (unpaired) electrons. The van der Waals surface area contributed by atoms with Gasteiger partial charge in [0, 0.05) is 20.4 Å². The number of fused-ring (bicyclic) bond motifs is 1. The van der Waals surface area contributed by atoms with E-state index in [9.17, 15) is 22.8 Å². The van der Waals surface area contributed by atoms with Gasteiger partial charge in [-0.15, -0.1) is 0 Å². The first-order valence-electron chi connectivity index (χ1n) is 7.92. The predicted molar refractivity (Wildman–Crippen MR) is 96.5 cm³/mol. The molecule has 11 heteroatoms. The second-order valence-corrected chi connectivity index (χ2v) is 8.22. The third kappa shape index (κ3) is 3.33. The van der Waals surface area contributed by atoms with Crippen molar-refractivity contribution in [3.05, 3.63) is 24.3 Å². The molecule has 1 aromatic carbocycles. The fraction of sp³-hybridized carbons (Fsp3) is 0.312. The van der Waals surface area contributed by atoms with Crippen LogP contribution in [0.4, 0.5) is 10.5 Å². The summed E-state index contributed by atoms with van der Waals surface area (Å²) in [5.41, 5.74) is 0.157. The number of hydrogen-bond acceptors (Lipinski definition) is 6. The summed E-state index contributed by atoms with van der Waals surface area (Å²) in [5.74, 6) is -0.767. The van der Waals surface area contributed by atoms with Crippen molar-refractivity contribution in [1.82, 2.24) is 9.80 Å². The number of nitrogens with one attached hydrogen (secondary N) is 1. The van der Waals surface area contributed by atoms with E-state index in [1.165, 1.54) is 42.0 Å². The van der Waals surface area contributed by atoms with Gasteiger partial charge in [0.05, 0.1) is 10.6 Å². The Balaban J connectivity index is 1.77. The first-order chi connectivity index (χ1) is 12.6. The van der Waals surface area contributed by atoms with Crippen molar-refractivity contribution in [2.45, 2.75) is 10.9 Å². The number of urea groups is 1. The summed E-state index contributed by atoms with van der Waals surface area (Å²) in [5, 5.41) is 2.55. The molecule has 1 fully saturated rings. The van der Waals surface area contributed by atoms with E-state index in [0.29, 0.717) is 0 Å². The third-order valence-electron chi connectivity index (χ3n) is 4.28. The molecule has 1 saturated heterocycles. The van der Waals surface area contributed by atoms with Crippen LogP contribution in [0.3, 0.4) is 0 Å². The highest BCUT2D eigenvalue weighted by molar-refractivity contribution is 7.90. The van der Waals surface area contributed by atoms with E-state index in [1.807, 2.05) is 0 Å². The van der Waals surface area contributed by atoms with Gasteiger partial charge in [-0.3, -0.25) is 19.4 Å². The normalized spacial score (nSPS) is 19.6. The lowest BCUT2D eigenvalue weighted by atomic mass is 10.1. The molecule has 2 heterocycles. The summed E-state index contributed by atoms with van der Waals surface area (Å²) in [6.45, 7) is -0.239. The zero-order valence-corrected chi connectivity index (χ0v) is 15.7. The Kier molecular flexibility index (Phi) is 4.56. The van der Waals surface area contributed by atoms with E-state index >= 15 is 0 Å². The van der Waals surface area contributed by atoms with Crippen LogP contribution in [0.25, 0.3) is 0 Å². The molecule has 0 saturated carbocycles. The van der Waals surface area contributed by atoms with Crippen molar-refractivity contribution in [3.8, 4) is 0 Å². The van der Waals surface area contributed by atoms with Crippen molar-refractivity contribution in [2.24, 2.45) is 4.99 Å². The summed E-state index contributed by atoms with van der Waals surface area (Å²) in [7, 11) is -0.664. The minimum atomic E-state index is -3.52. The lowest BCUT2D eigenvalue weighted by molar-refractivity contribution is -0.519. The number of aliphatic imine (C=N–C) groups is 1. The smallest absolute Gasteiger partial charge is 0.321 e. The average Bonchev–Trinajstić information content (AvgIpc) is 3.01. The van der Waals surface area contributed by atoms with E-state index in [1.54, 1.807) is 12.1 Å². The number of para-hydroxylation sites is 1. The van der Waals surface area contributed by atoms with Crippen molar-refractivity contribution in [1.29, 1.82) is 0 Å². The van der Waals surface area contributed by atoms with Gasteiger partial charge in [-0.25, -0.2) is 17.8 Å². The Morgan fingerprint density at radius 2 is 1.89 bits per heavy atom. The standard InChI is InChI=1S/C16H17N5O5S/c1-19-14-13(15(23)20(2)16(19)24)21(9-17-14)8-12(22)18-10-6-4-5-7-11(10)27(3,25)26/h4-7,9,13H,8H2,1-3H3/p+1. The minimum absolute atomic E-state index is 0.000466. The average molecular weight is 392 g/mol. The van der Waals surface area contributed by atoms with E-state index in [0.717, 1.165) is 11.2 Å². The molecule has 4 amide bonds. The number of nitrogens with zero attached hydrogens (tertiary/aromatic N) is 4. The second-order valence-electron chi connectivity index (χ2n) is 6.23. The maximum atomic E-state index is 12.4. The van der Waals surface area contributed by atoms with Crippen LogP contribution in [0.15, 0.2) is 34.2 Å². The number of sulfone groups is 1. The zero-order chi connectivity index (χ0) is 19.9. The van der Waals surface area contributed by atoms with Crippen molar-refractivity contribution >= 4 is 45.5 Å². The molecule has 2 aliphatic rings. The Labute approximate surface area is 155 Å². The topological polar surface area (TPSA) is 119 Å². The number of likely N-dealkylation sites (N-methyl/N-ethyl adjacent to an activating group) is 2. The van der Waals surface area contributed by atoms with Crippen LogP contribution in [0.1, 0.15) is 0 Å². The number of amides is 4. The molecular formula is C16H18N5O5S+. The van der Waals surface area contributed by atoms with Gasteiger partial charge in [0.25, 0.3) is 30.0 Å². The lowest BCUT2D eigenvalue weighted by Crippen LogP contribution is -2.61. The summed E-state index contributed by atoms with van der Waals surface area (Å²) in [6.07, 6.45) is 2.37. The van der Waals surface area contributed by atoms with Crippen molar-refractivity contribution in [2.75, 3.05) is 32.2 Å². The highest BCUT2D eigenvalue weighted by atomic mass is 32.2. The first kappa shape index (κ1) is 18.7. The number of amidine groups is 1. The highest BCUT2D eigenvalue weighted by Gasteiger charge is 2.50. The molecular weight excluding hydrogens is 374 g/mol. The lowest BCUT2D eigenvalue weighted by Gasteiger charge is -2.30. The number of carbonyl (C=O) groups excluding carboxylic acids is 3. The second kappa shape index (κ2) is 6.58. The largest absolute Gasteiger partial charge is 0.333 e. The van der Waals surface area contributed by atoms with Gasteiger partial charge in [-0.05, 0) is 17.1 Å². The summed E-state index contributed by atoms with van der Waals surface area (Å²) < 4.78 is 25.1. The third-order valence-corrected chi connectivity index (χ3v) is 5.44. The van der Waals surface area contributed by atoms with E-state index < -0.39 is 33.7 Å². The molecule has 3 rings (SSSR count). The molecule has 0 spiro atoms. The molecule has 10 nitrogen and oxygen atoms in total. The highest BCUT2D eigenvalue weighted by Crippen LogP contribution is 2.21. The molecule has 27 heavy (non-hydrogen) atoms. The number of rotatable bonds is 4. The molecule has 1 aromatic rings. The van der Waals surface area contributed by atoms with E-state index in [2.05, 4.69) is 10.3 Å². The van der Waals surface area contributed by atoms with Crippen LogP contribution in [-0.2, 0) is 19.4 Å². The van der Waals surface area contributed by atoms with Gasteiger partial charge >= 0.3 is 6.03 Å². The maximum Gasteiger partial charge on any atom is 0.333 e. The first-order valence-corrected chi connectivity index (χ1v) is 9.81. The number of imide groups is 1. The van der Waals surface area contributed by atoms with Crippen molar-refractivity contribution in [3.63, 3.8) is 0 Å². The van der Waals surface area contributed by atoms with Gasteiger partial charge in [-0.2, -0.15) is 0 Å². The van der Waals surface area contributed by atoms with Gasteiger partial charge in [0.1, 0.15) is 0 Å². The number of benzene rings is 1. The van der Waals surface area contributed by atoms with Crippen LogP contribution in [-0.4, -0.2) is 85.8 Å². The Hall–Kier alpha value is -3.08. The van der Waals surface area contributed by atoms with Crippen molar-refractivity contribution < 1.29 is 27.4 Å². The summed E-state index contributed by atoms with van der Waals surface area (Å²) in [4.78, 5) is 43.1. The van der Waals surface area contributed by atoms with Gasteiger partial charge in [0.15, 0.2) is 16.4 Å². The van der Waals surface area contributed by atoms with Gasteiger partial charge in [-0.1, -0.05) is 12.1 Å². The fourth-order valence-corrected chi connectivity index (χ4v) is 3.77. The Morgan fingerprint density at radius 1 is 1.22 bits per heavy atom. The van der Waals surface area contributed by atoms with Crippen LogP contribution < -0.4 is 5.32 Å². The molecule has 0 aliphatic carbocycles. The number of hydrogen-bond donors (Lipinski definition) is 1. The van der Waals surface area contributed by atoms with Crippen LogP contribution in [0.2, 0.25) is 0 Å².